The van der Waals surface area contributed by atoms with Crippen molar-refractivity contribution >= 4 is 58.0 Å². The summed E-state index contributed by atoms with van der Waals surface area (Å²) in [7, 11) is 0. The molecule has 88 valence electrons. The third-order valence-corrected chi connectivity index (χ3v) is 4.03. The van der Waals surface area contributed by atoms with Crippen molar-refractivity contribution in [3.63, 3.8) is 0 Å². The summed E-state index contributed by atoms with van der Waals surface area (Å²) in [5.41, 5.74) is 1.37. The summed E-state index contributed by atoms with van der Waals surface area (Å²) in [6.45, 7) is 0. The maximum Gasteiger partial charge on any atom is 0.0686 e. The van der Waals surface area contributed by atoms with Crippen molar-refractivity contribution in [2.45, 2.75) is 0 Å². The van der Waals surface area contributed by atoms with Crippen molar-refractivity contribution in [2.75, 3.05) is 0 Å². The van der Waals surface area contributed by atoms with Gasteiger partial charge in [0.25, 0.3) is 0 Å². The molecule has 5 heteroatoms. The molecule has 0 saturated heterocycles. The standard InChI is InChI=1S/C12H5Cl5/c13-7-3-1-2-6(4-7)10-11(16)8(14)5-9(15)12(10)17/h1-5H. The van der Waals surface area contributed by atoms with Crippen LogP contribution in [-0.2, 0) is 0 Å². The molecule has 0 aliphatic carbocycles. The summed E-state index contributed by atoms with van der Waals surface area (Å²) in [6, 6.07) is 8.67. The maximum atomic E-state index is 6.14. The Morgan fingerprint density at radius 1 is 0.706 bits per heavy atom. The second-order valence-electron chi connectivity index (χ2n) is 3.35. The fourth-order valence-corrected chi connectivity index (χ4v) is 2.69. The minimum absolute atomic E-state index is 0.357. The van der Waals surface area contributed by atoms with E-state index in [1.54, 1.807) is 18.2 Å². The Bertz CT molecular complexity index is 551. The summed E-state index contributed by atoms with van der Waals surface area (Å²) in [4.78, 5) is 0. The minimum Gasteiger partial charge on any atom is -0.0843 e. The van der Waals surface area contributed by atoms with E-state index in [1.165, 1.54) is 6.07 Å². The molecule has 0 aromatic heterocycles. The van der Waals surface area contributed by atoms with E-state index in [-0.39, 0.29) is 0 Å². The second kappa shape index (κ2) is 5.26. The van der Waals surface area contributed by atoms with Crippen LogP contribution in [0.5, 0.6) is 0 Å². The van der Waals surface area contributed by atoms with E-state index in [9.17, 15) is 0 Å². The van der Waals surface area contributed by atoms with Gasteiger partial charge in [-0.1, -0.05) is 70.1 Å². The van der Waals surface area contributed by atoms with E-state index in [0.717, 1.165) is 5.56 Å². The molecule has 0 aliphatic rings. The van der Waals surface area contributed by atoms with Gasteiger partial charge in [-0.25, -0.2) is 0 Å². The van der Waals surface area contributed by atoms with Crippen molar-refractivity contribution in [3.05, 3.63) is 55.4 Å². The summed E-state index contributed by atoms with van der Waals surface area (Å²) in [5.74, 6) is 0. The Morgan fingerprint density at radius 2 is 1.29 bits per heavy atom. The highest BCUT2D eigenvalue weighted by Crippen LogP contribution is 2.43. The van der Waals surface area contributed by atoms with E-state index in [0.29, 0.717) is 30.7 Å². The highest BCUT2D eigenvalue weighted by Gasteiger charge is 2.15. The summed E-state index contributed by atoms with van der Waals surface area (Å²) < 4.78 is 0. The van der Waals surface area contributed by atoms with Gasteiger partial charge in [0.15, 0.2) is 0 Å². The minimum atomic E-state index is 0.357. The molecule has 0 unspecified atom stereocenters. The Balaban J connectivity index is 2.75. The van der Waals surface area contributed by atoms with Gasteiger partial charge < -0.3 is 0 Å². The topological polar surface area (TPSA) is 0 Å². The molecule has 2 rings (SSSR count). The molecular formula is C12H5Cl5. The van der Waals surface area contributed by atoms with Crippen LogP contribution < -0.4 is 0 Å². The quantitative estimate of drug-likeness (QED) is 0.517. The van der Waals surface area contributed by atoms with E-state index in [4.69, 9.17) is 58.0 Å². The molecule has 0 amide bonds. The first-order chi connectivity index (χ1) is 8.00. The molecule has 0 aliphatic heterocycles. The highest BCUT2D eigenvalue weighted by atomic mass is 35.5. The molecule has 2 aromatic rings. The largest absolute Gasteiger partial charge is 0.0843 e. The van der Waals surface area contributed by atoms with Crippen LogP contribution in [0.2, 0.25) is 25.1 Å². The van der Waals surface area contributed by atoms with Crippen LogP contribution in [0.25, 0.3) is 11.1 Å². The monoisotopic (exact) mass is 324 g/mol. The smallest absolute Gasteiger partial charge is 0.0686 e. The molecule has 0 nitrogen and oxygen atoms in total. The predicted molar refractivity (Wildman–Crippen MR) is 76.9 cm³/mol. The van der Waals surface area contributed by atoms with Gasteiger partial charge in [-0.05, 0) is 23.8 Å². The molecular weight excluding hydrogens is 321 g/mol. The summed E-state index contributed by atoms with van der Waals surface area (Å²) >= 11 is 30.2. The Hall–Kier alpha value is -0.110. The normalized spacial score (nSPS) is 10.6. The Morgan fingerprint density at radius 3 is 1.82 bits per heavy atom. The zero-order valence-electron chi connectivity index (χ0n) is 8.28. The van der Waals surface area contributed by atoms with Crippen LogP contribution in [0.4, 0.5) is 0 Å². The summed E-state index contributed by atoms with van der Waals surface area (Å²) in [6.07, 6.45) is 0. The molecule has 0 radical (unpaired) electrons. The molecule has 17 heavy (non-hydrogen) atoms. The molecule has 0 atom stereocenters. The zero-order chi connectivity index (χ0) is 12.6. The lowest BCUT2D eigenvalue weighted by Crippen LogP contribution is -1.84. The average Bonchev–Trinajstić information content (AvgIpc) is 2.27. The van der Waals surface area contributed by atoms with Crippen LogP contribution in [0.1, 0.15) is 0 Å². The summed E-state index contributed by atoms with van der Waals surface area (Å²) in [5, 5.41) is 2.03. The van der Waals surface area contributed by atoms with Crippen molar-refractivity contribution in [1.82, 2.24) is 0 Å². The molecule has 0 N–H and O–H groups in total. The van der Waals surface area contributed by atoms with Crippen LogP contribution >= 0.6 is 58.0 Å². The average molecular weight is 326 g/mol. The third-order valence-electron chi connectivity index (χ3n) is 2.23. The van der Waals surface area contributed by atoms with Gasteiger partial charge in [-0.2, -0.15) is 0 Å². The third kappa shape index (κ3) is 2.67. The molecule has 0 spiro atoms. The van der Waals surface area contributed by atoms with Gasteiger partial charge in [0.05, 0.1) is 20.1 Å². The molecule has 2 aromatic carbocycles. The van der Waals surface area contributed by atoms with Crippen LogP contribution in [-0.4, -0.2) is 0 Å². The lowest BCUT2D eigenvalue weighted by molar-refractivity contribution is 1.61. The van der Waals surface area contributed by atoms with Gasteiger partial charge in [0.1, 0.15) is 0 Å². The highest BCUT2D eigenvalue weighted by molar-refractivity contribution is 6.50. The van der Waals surface area contributed by atoms with Gasteiger partial charge >= 0.3 is 0 Å². The van der Waals surface area contributed by atoms with Crippen molar-refractivity contribution in [2.24, 2.45) is 0 Å². The van der Waals surface area contributed by atoms with Crippen LogP contribution in [0.15, 0.2) is 30.3 Å². The van der Waals surface area contributed by atoms with Gasteiger partial charge in [-0.3, -0.25) is 0 Å². The van der Waals surface area contributed by atoms with E-state index in [1.807, 2.05) is 6.07 Å². The number of hydrogen-bond acceptors (Lipinski definition) is 0. The van der Waals surface area contributed by atoms with Crippen LogP contribution in [0.3, 0.4) is 0 Å². The SMILES string of the molecule is Clc1cccc(-c2c(Cl)c(Cl)cc(Cl)c2Cl)c1. The fourth-order valence-electron chi connectivity index (χ4n) is 1.47. The molecule has 0 fully saturated rings. The first-order valence-corrected chi connectivity index (χ1v) is 6.48. The van der Waals surface area contributed by atoms with E-state index in [2.05, 4.69) is 0 Å². The van der Waals surface area contributed by atoms with Gasteiger partial charge in [0, 0.05) is 10.6 Å². The number of hydrogen-bond donors (Lipinski definition) is 0. The number of rotatable bonds is 1. The number of benzene rings is 2. The van der Waals surface area contributed by atoms with Crippen LogP contribution in [0, 0.1) is 0 Å². The van der Waals surface area contributed by atoms with Gasteiger partial charge in [0.2, 0.25) is 0 Å². The fraction of sp³-hybridized carbons (Fsp3) is 0. The second-order valence-corrected chi connectivity index (χ2v) is 5.36. The maximum absolute atomic E-state index is 6.14. The van der Waals surface area contributed by atoms with Crippen molar-refractivity contribution in [1.29, 1.82) is 0 Å². The Kier molecular flexibility index (Phi) is 4.12. The molecule has 0 bridgehead atoms. The lowest BCUT2D eigenvalue weighted by atomic mass is 10.1. The van der Waals surface area contributed by atoms with Crippen molar-refractivity contribution < 1.29 is 0 Å². The zero-order valence-corrected chi connectivity index (χ0v) is 12.1. The predicted octanol–water partition coefficient (Wildman–Crippen LogP) is 6.62. The number of halogens is 5. The lowest BCUT2D eigenvalue weighted by Gasteiger charge is -2.10. The first kappa shape index (κ1) is 13.3. The van der Waals surface area contributed by atoms with Gasteiger partial charge in [-0.15, -0.1) is 0 Å². The first-order valence-electron chi connectivity index (χ1n) is 4.59. The van der Waals surface area contributed by atoms with E-state index >= 15 is 0 Å². The molecule has 0 saturated carbocycles. The van der Waals surface area contributed by atoms with Crippen molar-refractivity contribution in [3.8, 4) is 11.1 Å². The Labute approximate surface area is 124 Å². The molecule has 0 heterocycles. The van der Waals surface area contributed by atoms with E-state index < -0.39 is 0 Å².